The number of oxime groups is 1. The highest BCUT2D eigenvalue weighted by atomic mass is 32.2. The van der Waals surface area contributed by atoms with Gasteiger partial charge in [-0.05, 0) is 50.2 Å². The number of methoxy groups -OCH3 is 1. The number of hydrogen-bond donors (Lipinski definition) is 1. The molecular weight excluding hydrogens is 396 g/mol. The summed E-state index contributed by atoms with van der Waals surface area (Å²) in [6.45, 7) is 3.52. The first-order chi connectivity index (χ1) is 13.7. The Bertz CT molecular complexity index is 986. The van der Waals surface area contributed by atoms with Gasteiger partial charge in [0.25, 0.3) is 5.91 Å². The topological polar surface area (TPSA) is 103 Å². The molecule has 2 rings (SSSR count). The molecule has 0 atom stereocenters. The fourth-order valence-electron chi connectivity index (χ4n) is 2.31. The summed E-state index contributed by atoms with van der Waals surface area (Å²) in [6.07, 6.45) is 2.56. The van der Waals surface area contributed by atoms with Crippen molar-refractivity contribution in [3.8, 4) is 11.5 Å². The van der Waals surface area contributed by atoms with Gasteiger partial charge in [-0.3, -0.25) is 4.79 Å². The van der Waals surface area contributed by atoms with Crippen LogP contribution < -0.4 is 14.8 Å². The molecule has 0 unspecified atom stereocenters. The Kier molecular flexibility index (Phi) is 7.60. The maximum Gasteiger partial charge on any atom is 0.265 e. The van der Waals surface area contributed by atoms with Crippen LogP contribution in [0.15, 0.2) is 52.5 Å². The summed E-state index contributed by atoms with van der Waals surface area (Å²) < 4.78 is 34.1. The number of carbonyl (C=O) groups excluding carboxylic acids is 1. The number of hydrogen-bond acceptors (Lipinski definition) is 7. The van der Waals surface area contributed by atoms with E-state index in [2.05, 4.69) is 10.5 Å². The lowest BCUT2D eigenvalue weighted by Crippen LogP contribution is -2.17. The summed E-state index contributed by atoms with van der Waals surface area (Å²) in [5, 5.41) is 6.33. The van der Waals surface area contributed by atoms with E-state index in [0.29, 0.717) is 22.7 Å². The first-order valence-corrected chi connectivity index (χ1v) is 10.7. The van der Waals surface area contributed by atoms with Gasteiger partial charge in [0.1, 0.15) is 0 Å². The second-order valence-electron chi connectivity index (χ2n) is 6.43. The lowest BCUT2D eigenvalue weighted by atomic mass is 10.2. The second kappa shape index (κ2) is 9.92. The van der Waals surface area contributed by atoms with Crippen LogP contribution in [-0.4, -0.2) is 46.6 Å². The van der Waals surface area contributed by atoms with Crippen LogP contribution >= 0.6 is 0 Å². The van der Waals surface area contributed by atoms with Crippen LogP contribution in [0.25, 0.3) is 0 Å². The monoisotopic (exact) mass is 420 g/mol. The summed E-state index contributed by atoms with van der Waals surface area (Å²) >= 11 is 0. The molecule has 9 heteroatoms. The zero-order valence-corrected chi connectivity index (χ0v) is 17.5. The number of benzene rings is 2. The van der Waals surface area contributed by atoms with Crippen molar-refractivity contribution < 1.29 is 27.5 Å². The van der Waals surface area contributed by atoms with E-state index in [1.165, 1.54) is 18.3 Å². The largest absolute Gasteiger partial charge is 0.493 e. The maximum atomic E-state index is 11.9. The molecule has 29 heavy (non-hydrogen) atoms. The number of nitrogens with one attached hydrogen (secondary N) is 1. The van der Waals surface area contributed by atoms with Crippen molar-refractivity contribution in [2.75, 3.05) is 25.3 Å². The molecule has 1 N–H and O–H groups in total. The molecule has 0 aliphatic carbocycles. The summed E-state index contributed by atoms with van der Waals surface area (Å²) in [5.41, 5.74) is 1.07. The summed E-state index contributed by atoms with van der Waals surface area (Å²) in [4.78, 5) is 17.1. The van der Waals surface area contributed by atoms with Crippen molar-refractivity contribution in [1.82, 2.24) is 0 Å². The third kappa shape index (κ3) is 7.11. The number of amides is 1. The van der Waals surface area contributed by atoms with Crippen LogP contribution in [-0.2, 0) is 19.5 Å². The number of anilines is 1. The second-order valence-corrected chi connectivity index (χ2v) is 8.45. The Balaban J connectivity index is 1.91. The van der Waals surface area contributed by atoms with Crippen LogP contribution in [0.5, 0.6) is 11.5 Å². The first kappa shape index (κ1) is 22.2. The number of carbonyl (C=O) groups is 1. The average Bonchev–Trinajstić information content (AvgIpc) is 2.65. The van der Waals surface area contributed by atoms with E-state index in [1.54, 1.807) is 37.4 Å². The third-order valence-corrected chi connectivity index (χ3v) is 4.68. The van der Waals surface area contributed by atoms with Gasteiger partial charge in [-0.25, -0.2) is 8.42 Å². The van der Waals surface area contributed by atoms with Crippen molar-refractivity contribution in [1.29, 1.82) is 0 Å². The Morgan fingerprint density at radius 1 is 1.17 bits per heavy atom. The Morgan fingerprint density at radius 3 is 2.59 bits per heavy atom. The van der Waals surface area contributed by atoms with Crippen LogP contribution in [0.2, 0.25) is 0 Å². The Morgan fingerprint density at radius 2 is 1.93 bits per heavy atom. The minimum absolute atomic E-state index is 0.0170. The predicted molar refractivity (Wildman–Crippen MR) is 110 cm³/mol. The summed E-state index contributed by atoms with van der Waals surface area (Å²) in [5.74, 6) is 0.716. The average molecular weight is 420 g/mol. The van der Waals surface area contributed by atoms with Crippen LogP contribution in [0.1, 0.15) is 19.4 Å². The van der Waals surface area contributed by atoms with Gasteiger partial charge >= 0.3 is 0 Å². The fourth-order valence-corrected chi connectivity index (χ4v) is 2.98. The third-order valence-electron chi connectivity index (χ3n) is 3.57. The highest BCUT2D eigenvalue weighted by molar-refractivity contribution is 7.90. The molecule has 0 aromatic heterocycles. The van der Waals surface area contributed by atoms with E-state index in [1.807, 2.05) is 13.8 Å². The van der Waals surface area contributed by atoms with E-state index in [4.69, 9.17) is 14.3 Å². The Hall–Kier alpha value is -3.07. The van der Waals surface area contributed by atoms with Crippen molar-refractivity contribution in [3.05, 3.63) is 48.0 Å². The number of ether oxygens (including phenoxy) is 2. The van der Waals surface area contributed by atoms with E-state index < -0.39 is 15.7 Å². The molecule has 0 saturated carbocycles. The lowest BCUT2D eigenvalue weighted by Gasteiger charge is -2.13. The SMILES string of the molecule is COc1cc(/C=N\OCC(=O)Nc2cccc(S(C)(=O)=O)c2)ccc1OC(C)C. The van der Waals surface area contributed by atoms with Crippen LogP contribution in [0.3, 0.4) is 0 Å². The van der Waals surface area contributed by atoms with Gasteiger partial charge in [0.15, 0.2) is 27.9 Å². The van der Waals surface area contributed by atoms with Crippen molar-refractivity contribution in [2.45, 2.75) is 24.8 Å². The molecule has 0 aliphatic rings. The molecule has 1 amide bonds. The number of nitrogens with zero attached hydrogens (tertiary/aromatic N) is 1. The van der Waals surface area contributed by atoms with E-state index in [-0.39, 0.29) is 17.6 Å². The molecule has 0 heterocycles. The van der Waals surface area contributed by atoms with Crippen molar-refractivity contribution >= 4 is 27.6 Å². The van der Waals surface area contributed by atoms with Crippen molar-refractivity contribution in [2.24, 2.45) is 5.16 Å². The van der Waals surface area contributed by atoms with Gasteiger partial charge in [0.2, 0.25) is 0 Å². The summed E-state index contributed by atoms with van der Waals surface area (Å²) in [6, 6.07) is 11.3. The zero-order valence-electron chi connectivity index (χ0n) is 16.7. The zero-order chi connectivity index (χ0) is 21.4. The van der Waals surface area contributed by atoms with E-state index in [0.717, 1.165) is 6.26 Å². The molecular formula is C20H24N2O6S. The number of rotatable bonds is 9. The van der Waals surface area contributed by atoms with Gasteiger partial charge in [-0.1, -0.05) is 11.2 Å². The molecule has 0 spiro atoms. The standard InChI is InChI=1S/C20H24N2O6S/c1-14(2)28-18-9-8-15(10-19(18)26-3)12-21-27-13-20(23)22-16-6-5-7-17(11-16)29(4,24)25/h5-12,14H,13H2,1-4H3,(H,22,23)/b21-12-. The highest BCUT2D eigenvalue weighted by Gasteiger charge is 2.09. The molecule has 0 aliphatic heterocycles. The molecule has 156 valence electrons. The van der Waals surface area contributed by atoms with Gasteiger partial charge in [-0.2, -0.15) is 0 Å². The number of sulfone groups is 1. The summed E-state index contributed by atoms with van der Waals surface area (Å²) in [7, 11) is -1.81. The minimum atomic E-state index is -3.35. The van der Waals surface area contributed by atoms with E-state index >= 15 is 0 Å². The van der Waals surface area contributed by atoms with Crippen LogP contribution in [0, 0.1) is 0 Å². The minimum Gasteiger partial charge on any atom is -0.493 e. The van der Waals surface area contributed by atoms with E-state index in [9.17, 15) is 13.2 Å². The molecule has 0 fully saturated rings. The molecule has 0 saturated heterocycles. The van der Waals surface area contributed by atoms with Crippen molar-refractivity contribution in [3.63, 3.8) is 0 Å². The molecule has 2 aromatic carbocycles. The van der Waals surface area contributed by atoms with Gasteiger partial charge in [0.05, 0.1) is 24.3 Å². The maximum absolute atomic E-state index is 11.9. The van der Waals surface area contributed by atoms with Crippen LogP contribution in [0.4, 0.5) is 5.69 Å². The highest BCUT2D eigenvalue weighted by Crippen LogP contribution is 2.28. The first-order valence-electron chi connectivity index (χ1n) is 8.79. The van der Waals surface area contributed by atoms with Gasteiger partial charge < -0.3 is 19.6 Å². The molecule has 0 radical (unpaired) electrons. The van der Waals surface area contributed by atoms with Gasteiger partial charge in [-0.15, -0.1) is 0 Å². The Labute approximate surface area is 170 Å². The fraction of sp³-hybridized carbons (Fsp3) is 0.300. The smallest absolute Gasteiger partial charge is 0.265 e. The molecule has 8 nitrogen and oxygen atoms in total. The normalized spacial score (nSPS) is 11.5. The predicted octanol–water partition coefficient (Wildman–Crippen LogP) is 2.88. The molecule has 0 bridgehead atoms. The molecule has 2 aromatic rings. The lowest BCUT2D eigenvalue weighted by molar-refractivity contribution is -0.120. The van der Waals surface area contributed by atoms with Gasteiger partial charge in [0, 0.05) is 17.5 Å². The quantitative estimate of drug-likeness (QED) is 0.494.